The van der Waals surface area contributed by atoms with Gasteiger partial charge in [0.2, 0.25) is 0 Å². The Hall–Kier alpha value is -1.83. The van der Waals surface area contributed by atoms with Gasteiger partial charge in [0.05, 0.1) is 12.8 Å². The van der Waals surface area contributed by atoms with Crippen molar-refractivity contribution in [3.8, 4) is 5.75 Å². The number of hydrogen-bond acceptors (Lipinski definition) is 6. The van der Waals surface area contributed by atoms with E-state index in [0.29, 0.717) is 17.8 Å². The van der Waals surface area contributed by atoms with Gasteiger partial charge in [-0.2, -0.15) is 0 Å². The van der Waals surface area contributed by atoms with E-state index in [1.54, 1.807) is 6.07 Å². The van der Waals surface area contributed by atoms with Gasteiger partial charge in [-0.3, -0.25) is 0 Å². The summed E-state index contributed by atoms with van der Waals surface area (Å²) >= 11 is 0. The summed E-state index contributed by atoms with van der Waals surface area (Å²) in [5, 5.41) is 0.0654. The summed E-state index contributed by atoms with van der Waals surface area (Å²) in [7, 11) is -3.27. The number of sulfone groups is 1. The number of nitrogens with zero attached hydrogens (tertiary/aromatic N) is 2. The molecule has 30 heavy (non-hydrogen) atoms. The van der Waals surface area contributed by atoms with E-state index in [9.17, 15) is 13.2 Å². The standard InChI is InChI=1S/C22H32N2O5S/c1-21(7-8-21)29-20(25)24-11-9-22(10-12-24)14-17(15-22)4-3-13-28-18-5-6-19(23-16-18)30(2,26)27/h5-6,16-17H,3-4,7-15H2,1-2H3. The van der Waals surface area contributed by atoms with Crippen molar-refractivity contribution in [3.05, 3.63) is 18.3 Å². The molecular formula is C22H32N2O5S. The summed E-state index contributed by atoms with van der Waals surface area (Å²) in [6.07, 6.45) is 11.3. The Labute approximate surface area is 179 Å². The second kappa shape index (κ2) is 8.02. The zero-order valence-corrected chi connectivity index (χ0v) is 18.7. The third kappa shape index (κ3) is 5.07. The number of rotatable bonds is 7. The maximum Gasteiger partial charge on any atom is 0.410 e. The van der Waals surface area contributed by atoms with E-state index in [0.717, 1.165) is 63.8 Å². The van der Waals surface area contributed by atoms with Crippen molar-refractivity contribution >= 4 is 15.9 Å². The van der Waals surface area contributed by atoms with E-state index in [4.69, 9.17) is 9.47 Å². The highest BCUT2D eigenvalue weighted by Gasteiger charge is 2.47. The fourth-order valence-electron chi connectivity index (χ4n) is 4.73. The Bertz CT molecular complexity index is 863. The molecule has 2 heterocycles. The van der Waals surface area contributed by atoms with Gasteiger partial charge in [-0.05, 0) is 81.8 Å². The average Bonchev–Trinajstić information content (AvgIpc) is 3.40. The summed E-state index contributed by atoms with van der Waals surface area (Å²) in [5.74, 6) is 1.34. The minimum Gasteiger partial charge on any atom is -0.492 e. The zero-order chi connectivity index (χ0) is 21.4. The molecule has 0 N–H and O–H groups in total. The van der Waals surface area contributed by atoms with Crippen molar-refractivity contribution in [2.75, 3.05) is 26.0 Å². The monoisotopic (exact) mass is 436 g/mol. The van der Waals surface area contributed by atoms with Gasteiger partial charge in [0, 0.05) is 19.3 Å². The number of carbonyl (C=O) groups excluding carboxylic acids is 1. The fourth-order valence-corrected chi connectivity index (χ4v) is 5.29. The van der Waals surface area contributed by atoms with E-state index < -0.39 is 9.84 Å². The zero-order valence-electron chi connectivity index (χ0n) is 17.9. The van der Waals surface area contributed by atoms with E-state index in [2.05, 4.69) is 4.98 Å². The van der Waals surface area contributed by atoms with Gasteiger partial charge in [0.25, 0.3) is 0 Å². The fraction of sp³-hybridized carbons (Fsp3) is 0.727. The Morgan fingerprint density at radius 3 is 2.47 bits per heavy atom. The van der Waals surface area contributed by atoms with Crippen LogP contribution in [0, 0.1) is 11.3 Å². The highest BCUT2D eigenvalue weighted by Crippen LogP contribution is 2.54. The van der Waals surface area contributed by atoms with Crippen LogP contribution >= 0.6 is 0 Å². The number of pyridine rings is 1. The first kappa shape index (κ1) is 21.4. The molecule has 0 aromatic carbocycles. The van der Waals surface area contributed by atoms with E-state index in [1.165, 1.54) is 25.1 Å². The van der Waals surface area contributed by atoms with Crippen molar-refractivity contribution in [2.24, 2.45) is 11.3 Å². The van der Waals surface area contributed by atoms with Gasteiger partial charge in [-0.15, -0.1) is 0 Å². The summed E-state index contributed by atoms with van der Waals surface area (Å²) in [6, 6.07) is 3.14. The SMILES string of the molecule is CC1(OC(=O)N2CCC3(CC2)CC(CCCOc2ccc(S(C)(=O)=O)nc2)C3)CC1. The van der Waals surface area contributed by atoms with Crippen LogP contribution in [0.2, 0.25) is 0 Å². The van der Waals surface area contributed by atoms with Crippen LogP contribution in [0.3, 0.4) is 0 Å². The van der Waals surface area contributed by atoms with Crippen molar-refractivity contribution in [2.45, 2.75) is 68.9 Å². The molecule has 0 bridgehead atoms. The highest BCUT2D eigenvalue weighted by molar-refractivity contribution is 7.90. The molecule has 2 saturated carbocycles. The van der Waals surface area contributed by atoms with Crippen LogP contribution in [0.5, 0.6) is 5.75 Å². The van der Waals surface area contributed by atoms with Crippen LogP contribution < -0.4 is 4.74 Å². The Morgan fingerprint density at radius 2 is 1.90 bits per heavy atom. The number of carbonyl (C=O) groups is 1. The van der Waals surface area contributed by atoms with Crippen LogP contribution in [0.15, 0.2) is 23.4 Å². The first-order valence-corrected chi connectivity index (χ1v) is 12.8. The summed E-state index contributed by atoms with van der Waals surface area (Å²) in [5.41, 5.74) is 0.235. The lowest BCUT2D eigenvalue weighted by Gasteiger charge is -2.52. The highest BCUT2D eigenvalue weighted by atomic mass is 32.2. The first-order valence-electron chi connectivity index (χ1n) is 10.9. The van der Waals surface area contributed by atoms with Gasteiger partial charge >= 0.3 is 6.09 Å². The molecule has 1 aliphatic heterocycles. The van der Waals surface area contributed by atoms with Crippen molar-refractivity contribution in [3.63, 3.8) is 0 Å². The summed E-state index contributed by atoms with van der Waals surface area (Å²) in [4.78, 5) is 18.1. The Balaban J connectivity index is 1.11. The third-order valence-electron chi connectivity index (χ3n) is 6.93. The molecular weight excluding hydrogens is 404 g/mol. The summed E-state index contributed by atoms with van der Waals surface area (Å²) in [6.45, 7) is 4.27. The number of aromatic nitrogens is 1. The quantitative estimate of drug-likeness (QED) is 0.604. The van der Waals surface area contributed by atoms with Gasteiger partial charge in [0.1, 0.15) is 11.4 Å². The van der Waals surface area contributed by atoms with Crippen LogP contribution in [-0.2, 0) is 14.6 Å². The second-order valence-corrected chi connectivity index (χ2v) is 11.6. The van der Waals surface area contributed by atoms with E-state index >= 15 is 0 Å². The lowest BCUT2D eigenvalue weighted by atomic mass is 9.56. The molecule has 3 aliphatic rings. The number of hydrogen-bond donors (Lipinski definition) is 0. The smallest absolute Gasteiger partial charge is 0.410 e. The molecule has 0 unspecified atom stereocenters. The summed E-state index contributed by atoms with van der Waals surface area (Å²) < 4.78 is 34.1. The topological polar surface area (TPSA) is 85.8 Å². The third-order valence-corrected chi connectivity index (χ3v) is 7.93. The molecule has 166 valence electrons. The minimum absolute atomic E-state index is 0.0654. The van der Waals surface area contributed by atoms with Crippen molar-refractivity contribution in [1.82, 2.24) is 9.88 Å². The predicted molar refractivity (Wildman–Crippen MR) is 112 cm³/mol. The van der Waals surface area contributed by atoms with E-state index in [-0.39, 0.29) is 16.7 Å². The maximum atomic E-state index is 12.2. The predicted octanol–water partition coefficient (Wildman–Crippen LogP) is 3.83. The first-order chi connectivity index (χ1) is 14.2. The molecule has 1 spiro atoms. The van der Waals surface area contributed by atoms with E-state index in [1.807, 2.05) is 11.8 Å². The largest absolute Gasteiger partial charge is 0.492 e. The van der Waals surface area contributed by atoms with Crippen LogP contribution in [0.4, 0.5) is 4.79 Å². The lowest BCUT2D eigenvalue weighted by molar-refractivity contribution is -0.0231. The molecule has 1 aromatic heterocycles. The van der Waals surface area contributed by atoms with Crippen LogP contribution in [-0.4, -0.2) is 55.9 Å². The molecule has 0 atom stereocenters. The number of piperidine rings is 1. The normalized spacial score (nSPS) is 22.4. The maximum absolute atomic E-state index is 12.2. The molecule has 1 aromatic rings. The van der Waals surface area contributed by atoms with Crippen LogP contribution in [0.1, 0.15) is 58.3 Å². The molecule has 7 nitrogen and oxygen atoms in total. The number of likely N-dealkylation sites (tertiary alicyclic amines) is 1. The molecule has 1 saturated heterocycles. The average molecular weight is 437 g/mol. The van der Waals surface area contributed by atoms with Gasteiger partial charge < -0.3 is 14.4 Å². The second-order valence-electron chi connectivity index (χ2n) is 9.67. The number of ether oxygens (including phenoxy) is 2. The van der Waals surface area contributed by atoms with Gasteiger partial charge in [0.15, 0.2) is 14.9 Å². The molecule has 4 rings (SSSR count). The molecule has 3 fully saturated rings. The lowest BCUT2D eigenvalue weighted by Crippen LogP contribution is -2.49. The van der Waals surface area contributed by atoms with Gasteiger partial charge in [-0.1, -0.05) is 0 Å². The van der Waals surface area contributed by atoms with Crippen LogP contribution in [0.25, 0.3) is 0 Å². The minimum atomic E-state index is -3.27. The molecule has 0 radical (unpaired) electrons. The van der Waals surface area contributed by atoms with Crippen molar-refractivity contribution < 1.29 is 22.7 Å². The van der Waals surface area contributed by atoms with Gasteiger partial charge in [-0.25, -0.2) is 18.2 Å². The van der Waals surface area contributed by atoms with Crippen molar-refractivity contribution in [1.29, 1.82) is 0 Å². The Kier molecular flexibility index (Phi) is 5.72. The molecule has 2 aliphatic carbocycles. The molecule has 8 heteroatoms. The number of amides is 1. The molecule has 1 amide bonds. The Morgan fingerprint density at radius 1 is 1.20 bits per heavy atom.